The minimum atomic E-state index is -0.524. The summed E-state index contributed by atoms with van der Waals surface area (Å²) in [5.74, 6) is -0.461. The van der Waals surface area contributed by atoms with Crippen molar-refractivity contribution in [3.05, 3.63) is 33.8 Å². The summed E-state index contributed by atoms with van der Waals surface area (Å²) < 4.78 is 4.71. The van der Waals surface area contributed by atoms with E-state index in [1.807, 2.05) is 0 Å². The van der Waals surface area contributed by atoms with Crippen molar-refractivity contribution >= 4 is 35.1 Å². The second-order valence-corrected chi connectivity index (χ2v) is 5.18. The third kappa shape index (κ3) is 3.01. The molecule has 0 N–H and O–H groups in total. The van der Waals surface area contributed by atoms with Gasteiger partial charge in [0.05, 0.1) is 7.11 Å². The molecular weight excluding hydrogens is 289 g/mol. The van der Waals surface area contributed by atoms with Gasteiger partial charge in [0.2, 0.25) is 5.91 Å². The van der Waals surface area contributed by atoms with Crippen molar-refractivity contribution in [2.45, 2.75) is 25.4 Å². The van der Waals surface area contributed by atoms with E-state index in [0.717, 1.165) is 5.56 Å². The second kappa shape index (κ2) is 5.80. The lowest BCUT2D eigenvalue weighted by molar-refractivity contribution is -0.149. The number of esters is 1. The SMILES string of the molecule is COC(=O)[C@@H]1CCC(=O)N1Cc1ccc(Cl)cc1Cl. The normalized spacial score (nSPS) is 18.8. The van der Waals surface area contributed by atoms with E-state index in [1.54, 1.807) is 18.2 Å². The Morgan fingerprint density at radius 2 is 2.21 bits per heavy atom. The Kier molecular flexibility index (Phi) is 4.32. The van der Waals surface area contributed by atoms with Crippen molar-refractivity contribution in [2.24, 2.45) is 0 Å². The molecule has 1 fully saturated rings. The molecule has 1 atom stereocenters. The summed E-state index contributed by atoms with van der Waals surface area (Å²) in [4.78, 5) is 25.0. The highest BCUT2D eigenvalue weighted by Crippen LogP contribution is 2.27. The fraction of sp³-hybridized carbons (Fsp3) is 0.385. The topological polar surface area (TPSA) is 46.6 Å². The molecule has 1 aromatic rings. The molecule has 0 saturated carbocycles. The smallest absolute Gasteiger partial charge is 0.328 e. The molecule has 1 aliphatic heterocycles. The molecule has 1 aromatic carbocycles. The first-order valence-corrected chi connectivity index (χ1v) is 6.59. The highest BCUT2D eigenvalue weighted by Gasteiger charge is 2.36. The maximum Gasteiger partial charge on any atom is 0.328 e. The van der Waals surface area contributed by atoms with Crippen LogP contribution < -0.4 is 0 Å². The van der Waals surface area contributed by atoms with Crippen LogP contribution in [-0.2, 0) is 20.9 Å². The molecule has 1 aliphatic rings. The van der Waals surface area contributed by atoms with Crippen LogP contribution in [0.2, 0.25) is 10.0 Å². The predicted octanol–water partition coefficient (Wildman–Crippen LogP) is 2.66. The molecule has 0 aliphatic carbocycles. The Labute approximate surface area is 121 Å². The highest BCUT2D eigenvalue weighted by molar-refractivity contribution is 6.35. The van der Waals surface area contributed by atoms with E-state index in [-0.39, 0.29) is 12.5 Å². The van der Waals surface area contributed by atoms with Crippen molar-refractivity contribution < 1.29 is 14.3 Å². The third-order valence-corrected chi connectivity index (χ3v) is 3.74. The lowest BCUT2D eigenvalue weighted by Crippen LogP contribution is -2.38. The number of carbonyl (C=O) groups excluding carboxylic acids is 2. The number of hydrogen-bond acceptors (Lipinski definition) is 3. The first kappa shape index (κ1) is 14.2. The van der Waals surface area contributed by atoms with Gasteiger partial charge in [0.1, 0.15) is 6.04 Å². The molecule has 0 bridgehead atoms. The summed E-state index contributed by atoms with van der Waals surface area (Å²) >= 11 is 11.9. The molecule has 102 valence electrons. The number of ether oxygens (including phenoxy) is 1. The van der Waals surface area contributed by atoms with Crippen LogP contribution in [-0.4, -0.2) is 29.9 Å². The predicted molar refractivity (Wildman–Crippen MR) is 72.1 cm³/mol. The Morgan fingerprint density at radius 3 is 2.84 bits per heavy atom. The van der Waals surface area contributed by atoms with Gasteiger partial charge in [-0.2, -0.15) is 0 Å². The lowest BCUT2D eigenvalue weighted by atomic mass is 10.2. The summed E-state index contributed by atoms with van der Waals surface area (Å²) in [6.45, 7) is 0.286. The van der Waals surface area contributed by atoms with Crippen LogP contribution in [0.4, 0.5) is 0 Å². The molecule has 1 saturated heterocycles. The van der Waals surface area contributed by atoms with E-state index < -0.39 is 12.0 Å². The average Bonchev–Trinajstić information content (AvgIpc) is 2.73. The Morgan fingerprint density at radius 1 is 1.47 bits per heavy atom. The van der Waals surface area contributed by atoms with Gasteiger partial charge in [0.25, 0.3) is 0 Å². The number of nitrogens with zero attached hydrogens (tertiary/aromatic N) is 1. The molecule has 4 nitrogen and oxygen atoms in total. The number of amides is 1. The molecule has 0 unspecified atom stereocenters. The number of methoxy groups -OCH3 is 1. The van der Waals surface area contributed by atoms with E-state index in [4.69, 9.17) is 27.9 Å². The zero-order valence-electron chi connectivity index (χ0n) is 10.4. The van der Waals surface area contributed by atoms with Crippen LogP contribution in [0.5, 0.6) is 0 Å². The first-order valence-electron chi connectivity index (χ1n) is 5.84. The standard InChI is InChI=1S/C13H13Cl2NO3/c1-19-13(18)11-4-5-12(17)16(11)7-8-2-3-9(14)6-10(8)15/h2-3,6,11H,4-5,7H2,1H3/t11-/m0/s1. The minimum absolute atomic E-state index is 0.0681. The average molecular weight is 302 g/mol. The second-order valence-electron chi connectivity index (χ2n) is 4.34. The van der Waals surface area contributed by atoms with Gasteiger partial charge in [-0.15, -0.1) is 0 Å². The van der Waals surface area contributed by atoms with Crippen molar-refractivity contribution in [3.8, 4) is 0 Å². The minimum Gasteiger partial charge on any atom is -0.467 e. The molecule has 1 heterocycles. The molecule has 19 heavy (non-hydrogen) atoms. The number of hydrogen-bond donors (Lipinski definition) is 0. The van der Waals surface area contributed by atoms with Gasteiger partial charge < -0.3 is 9.64 Å². The van der Waals surface area contributed by atoms with Gasteiger partial charge in [-0.25, -0.2) is 4.79 Å². The van der Waals surface area contributed by atoms with Crippen LogP contribution in [0.3, 0.4) is 0 Å². The highest BCUT2D eigenvalue weighted by atomic mass is 35.5. The van der Waals surface area contributed by atoms with E-state index >= 15 is 0 Å². The van der Waals surface area contributed by atoms with E-state index in [1.165, 1.54) is 12.0 Å². The number of likely N-dealkylation sites (tertiary alicyclic amines) is 1. The zero-order valence-corrected chi connectivity index (χ0v) is 11.9. The fourth-order valence-corrected chi connectivity index (χ4v) is 2.61. The van der Waals surface area contributed by atoms with Gasteiger partial charge in [0, 0.05) is 23.0 Å². The van der Waals surface area contributed by atoms with Crippen LogP contribution in [0, 0.1) is 0 Å². The van der Waals surface area contributed by atoms with Crippen LogP contribution >= 0.6 is 23.2 Å². The maximum atomic E-state index is 11.8. The van der Waals surface area contributed by atoms with Gasteiger partial charge >= 0.3 is 5.97 Å². The molecule has 6 heteroatoms. The first-order chi connectivity index (χ1) is 9.02. The third-order valence-electron chi connectivity index (χ3n) is 3.16. The van der Waals surface area contributed by atoms with Crippen LogP contribution in [0.25, 0.3) is 0 Å². The largest absolute Gasteiger partial charge is 0.467 e. The summed E-state index contributed by atoms with van der Waals surface area (Å²) in [7, 11) is 1.32. The molecule has 2 rings (SSSR count). The van der Waals surface area contributed by atoms with Crippen molar-refractivity contribution in [2.75, 3.05) is 7.11 Å². The van der Waals surface area contributed by atoms with Crippen molar-refractivity contribution in [1.29, 1.82) is 0 Å². The monoisotopic (exact) mass is 301 g/mol. The molecule has 0 radical (unpaired) electrons. The zero-order chi connectivity index (χ0) is 14.0. The Hall–Kier alpha value is -1.26. The van der Waals surface area contributed by atoms with Crippen molar-refractivity contribution in [3.63, 3.8) is 0 Å². The fourth-order valence-electron chi connectivity index (χ4n) is 2.15. The molecule has 1 amide bonds. The molecular formula is C13H13Cl2NO3. The Balaban J connectivity index is 2.20. The van der Waals surface area contributed by atoms with E-state index in [0.29, 0.717) is 22.9 Å². The molecule has 0 spiro atoms. The van der Waals surface area contributed by atoms with E-state index in [9.17, 15) is 9.59 Å². The quantitative estimate of drug-likeness (QED) is 0.806. The van der Waals surface area contributed by atoms with Crippen LogP contribution in [0.1, 0.15) is 18.4 Å². The summed E-state index contributed by atoms with van der Waals surface area (Å²) in [5, 5.41) is 1.02. The summed E-state index contributed by atoms with van der Waals surface area (Å²) in [6, 6.07) is 4.55. The number of carbonyl (C=O) groups is 2. The van der Waals surface area contributed by atoms with Crippen molar-refractivity contribution in [1.82, 2.24) is 4.90 Å². The van der Waals surface area contributed by atoms with Gasteiger partial charge in [-0.1, -0.05) is 29.3 Å². The maximum absolute atomic E-state index is 11.8. The van der Waals surface area contributed by atoms with E-state index in [2.05, 4.69) is 0 Å². The summed E-state index contributed by atoms with van der Waals surface area (Å²) in [5.41, 5.74) is 0.759. The number of halogens is 2. The lowest BCUT2D eigenvalue weighted by Gasteiger charge is -2.23. The van der Waals surface area contributed by atoms with Gasteiger partial charge in [-0.05, 0) is 24.1 Å². The van der Waals surface area contributed by atoms with Gasteiger partial charge in [-0.3, -0.25) is 4.79 Å². The number of rotatable bonds is 3. The molecule has 0 aromatic heterocycles. The summed E-state index contributed by atoms with van der Waals surface area (Å²) in [6.07, 6.45) is 0.835. The van der Waals surface area contributed by atoms with Gasteiger partial charge in [0.15, 0.2) is 0 Å². The number of benzene rings is 1. The van der Waals surface area contributed by atoms with Crippen LogP contribution in [0.15, 0.2) is 18.2 Å². The Bertz CT molecular complexity index is 519.